The highest BCUT2D eigenvalue weighted by Crippen LogP contribution is 2.34. The Morgan fingerprint density at radius 2 is 1.97 bits per heavy atom. The predicted octanol–water partition coefficient (Wildman–Crippen LogP) is 5.04. The van der Waals surface area contributed by atoms with Crippen molar-refractivity contribution in [1.82, 2.24) is 25.0 Å². The summed E-state index contributed by atoms with van der Waals surface area (Å²) < 4.78 is 5.33. The number of H-pyrrole nitrogens is 1. The highest BCUT2D eigenvalue weighted by molar-refractivity contribution is 6.32. The lowest BCUT2D eigenvalue weighted by Gasteiger charge is -2.35. The molecule has 0 saturated heterocycles. The molecule has 2 amide bonds. The van der Waals surface area contributed by atoms with Crippen LogP contribution in [-0.4, -0.2) is 49.2 Å². The molecule has 3 aromatic rings. The monoisotopic (exact) mass is 490 g/mol. The first kappa shape index (κ1) is 23.1. The summed E-state index contributed by atoms with van der Waals surface area (Å²) in [5.41, 5.74) is 2.05. The maximum atomic E-state index is 13.1. The number of aromatic hydroxyl groups is 1. The van der Waals surface area contributed by atoms with Crippen molar-refractivity contribution in [3.05, 3.63) is 58.1 Å². The van der Waals surface area contributed by atoms with E-state index in [4.69, 9.17) is 27.7 Å². The molecule has 4 rings (SSSR count). The number of hydrogen-bond acceptors (Lipinski definition) is 6. The fraction of sp³-hybridized carbons (Fsp3) is 0.364. The Hall–Kier alpha value is -3.04. The van der Waals surface area contributed by atoms with Crippen molar-refractivity contribution in [3.63, 3.8) is 0 Å². The van der Waals surface area contributed by atoms with Gasteiger partial charge in [0.2, 0.25) is 11.2 Å². The number of aromatic nitrogens is 4. The number of imidazole rings is 1. The molecule has 0 saturated carbocycles. The Labute approximate surface area is 201 Å². The molecule has 1 aromatic carbocycles. The zero-order valence-corrected chi connectivity index (χ0v) is 19.7. The van der Waals surface area contributed by atoms with Gasteiger partial charge in [0.15, 0.2) is 11.6 Å². The van der Waals surface area contributed by atoms with Crippen molar-refractivity contribution in [3.8, 4) is 5.75 Å². The molecule has 33 heavy (non-hydrogen) atoms. The Morgan fingerprint density at radius 3 is 2.73 bits per heavy atom. The minimum Gasteiger partial charge on any atom is -0.506 e. The van der Waals surface area contributed by atoms with E-state index in [-0.39, 0.29) is 22.1 Å². The van der Waals surface area contributed by atoms with Crippen LogP contribution in [0.5, 0.6) is 5.75 Å². The number of phenolic OH excluding ortho intramolecular Hbond substituents is 1. The van der Waals surface area contributed by atoms with Crippen LogP contribution in [-0.2, 0) is 12.8 Å². The number of unbranched alkanes of at least 4 members (excludes halogenated alkanes) is 1. The standard InChI is InChI=1S/C22H24Cl2N6O3/c1-3-4-9-30-20-19(26-21(24)27-20)13(2)29(22(30)32)10-5-6-17-25-18(33-28-17)12-14-7-8-16(31)15(23)11-14/h7-8,11,31H,2-6,9-10,12H2,1H3,(H,26,27). The van der Waals surface area contributed by atoms with Gasteiger partial charge in [-0.1, -0.05) is 42.7 Å². The van der Waals surface area contributed by atoms with E-state index in [9.17, 15) is 9.90 Å². The highest BCUT2D eigenvalue weighted by atomic mass is 35.5. The lowest BCUT2D eigenvalue weighted by Crippen LogP contribution is -2.47. The van der Waals surface area contributed by atoms with Gasteiger partial charge >= 0.3 is 6.03 Å². The molecular weight excluding hydrogens is 467 g/mol. The van der Waals surface area contributed by atoms with Crippen LogP contribution in [0.15, 0.2) is 29.3 Å². The molecule has 2 aromatic heterocycles. The molecule has 0 unspecified atom stereocenters. The second-order valence-electron chi connectivity index (χ2n) is 7.78. The van der Waals surface area contributed by atoms with Crippen LogP contribution in [0.4, 0.5) is 10.6 Å². The van der Waals surface area contributed by atoms with Crippen LogP contribution in [0.25, 0.3) is 5.70 Å². The highest BCUT2D eigenvalue weighted by Gasteiger charge is 2.35. The fourth-order valence-electron chi connectivity index (χ4n) is 3.66. The third-order valence-electron chi connectivity index (χ3n) is 5.38. The van der Waals surface area contributed by atoms with Gasteiger partial charge in [0.25, 0.3) is 0 Å². The number of nitrogens with zero attached hydrogens (tertiary/aromatic N) is 5. The minimum absolute atomic E-state index is 0.0262. The van der Waals surface area contributed by atoms with Gasteiger partial charge in [-0.3, -0.25) is 9.80 Å². The van der Waals surface area contributed by atoms with Gasteiger partial charge < -0.3 is 14.6 Å². The number of carbonyl (C=O) groups is 1. The Balaban J connectivity index is 1.38. The maximum absolute atomic E-state index is 13.1. The summed E-state index contributed by atoms with van der Waals surface area (Å²) in [6, 6.07) is 4.77. The maximum Gasteiger partial charge on any atom is 0.330 e. The van der Waals surface area contributed by atoms with Crippen molar-refractivity contribution in [2.24, 2.45) is 0 Å². The number of fused-ring (bicyclic) bond motifs is 1. The van der Waals surface area contributed by atoms with Crippen molar-refractivity contribution < 1.29 is 14.4 Å². The first-order valence-electron chi connectivity index (χ1n) is 10.7. The summed E-state index contributed by atoms with van der Waals surface area (Å²) in [7, 11) is 0. The van der Waals surface area contributed by atoms with Crippen LogP contribution >= 0.6 is 23.2 Å². The summed E-state index contributed by atoms with van der Waals surface area (Å²) in [6.45, 7) is 7.14. The number of amides is 2. The van der Waals surface area contributed by atoms with E-state index in [1.807, 2.05) is 0 Å². The van der Waals surface area contributed by atoms with E-state index in [0.29, 0.717) is 61.3 Å². The number of urea groups is 1. The van der Waals surface area contributed by atoms with E-state index in [1.54, 1.807) is 21.9 Å². The summed E-state index contributed by atoms with van der Waals surface area (Å²) >= 11 is 12.0. The summed E-state index contributed by atoms with van der Waals surface area (Å²) in [5.74, 6) is 1.56. The third-order valence-corrected chi connectivity index (χ3v) is 5.86. The largest absolute Gasteiger partial charge is 0.506 e. The van der Waals surface area contributed by atoms with E-state index in [1.165, 1.54) is 6.07 Å². The van der Waals surface area contributed by atoms with Gasteiger partial charge in [-0.05, 0) is 42.1 Å². The van der Waals surface area contributed by atoms with Crippen molar-refractivity contribution >= 4 is 40.7 Å². The molecular formula is C22H24Cl2N6O3. The SMILES string of the molecule is C=C1c2[nH]c(Cl)nc2N(CCCC)C(=O)N1CCCc1noc(Cc2ccc(O)c(Cl)c2)n1. The molecule has 11 heteroatoms. The first-order chi connectivity index (χ1) is 15.9. The number of benzene rings is 1. The van der Waals surface area contributed by atoms with Gasteiger partial charge in [-0.25, -0.2) is 4.79 Å². The van der Waals surface area contributed by atoms with E-state index in [2.05, 4.69) is 33.6 Å². The Morgan fingerprint density at radius 1 is 1.18 bits per heavy atom. The van der Waals surface area contributed by atoms with Crippen LogP contribution in [0, 0.1) is 0 Å². The second-order valence-corrected chi connectivity index (χ2v) is 8.55. The van der Waals surface area contributed by atoms with Crippen LogP contribution < -0.4 is 4.90 Å². The van der Waals surface area contributed by atoms with E-state index < -0.39 is 0 Å². The van der Waals surface area contributed by atoms with Crippen molar-refractivity contribution in [1.29, 1.82) is 0 Å². The number of halogens is 2. The summed E-state index contributed by atoms with van der Waals surface area (Å²) in [4.78, 5) is 28.1. The first-order valence-corrected chi connectivity index (χ1v) is 11.5. The minimum atomic E-state index is -0.165. The lowest BCUT2D eigenvalue weighted by molar-refractivity contribution is 0.222. The molecule has 0 fully saturated rings. The van der Waals surface area contributed by atoms with Gasteiger partial charge in [0, 0.05) is 19.5 Å². The number of aromatic amines is 1. The zero-order valence-electron chi connectivity index (χ0n) is 18.1. The average molecular weight is 491 g/mol. The normalized spacial score (nSPS) is 13.7. The Kier molecular flexibility index (Phi) is 6.90. The molecule has 0 atom stereocenters. The number of hydrogen-bond donors (Lipinski definition) is 2. The van der Waals surface area contributed by atoms with Crippen LogP contribution in [0.1, 0.15) is 49.2 Å². The van der Waals surface area contributed by atoms with E-state index >= 15 is 0 Å². The van der Waals surface area contributed by atoms with E-state index in [0.717, 1.165) is 18.4 Å². The lowest BCUT2D eigenvalue weighted by atomic mass is 10.1. The van der Waals surface area contributed by atoms with Crippen LogP contribution in [0.2, 0.25) is 10.3 Å². The summed E-state index contributed by atoms with van der Waals surface area (Å²) in [6.07, 6.45) is 3.36. The molecule has 174 valence electrons. The molecule has 0 aliphatic carbocycles. The average Bonchev–Trinajstić information content (AvgIpc) is 3.39. The topological polar surface area (TPSA) is 111 Å². The number of carbonyl (C=O) groups excluding carboxylic acids is 1. The van der Waals surface area contributed by atoms with Gasteiger partial charge in [-0.15, -0.1) is 0 Å². The number of anilines is 1. The molecule has 0 spiro atoms. The molecule has 1 aliphatic heterocycles. The van der Waals surface area contributed by atoms with Gasteiger partial charge in [0.05, 0.1) is 17.1 Å². The molecule has 9 nitrogen and oxygen atoms in total. The molecule has 2 N–H and O–H groups in total. The number of nitrogens with one attached hydrogen (secondary N) is 1. The second kappa shape index (κ2) is 9.84. The third kappa shape index (κ3) is 4.99. The zero-order chi connectivity index (χ0) is 23.5. The Bertz CT molecular complexity index is 1170. The predicted molar refractivity (Wildman–Crippen MR) is 126 cm³/mol. The smallest absolute Gasteiger partial charge is 0.330 e. The number of rotatable bonds is 9. The molecule has 0 bridgehead atoms. The number of phenols is 1. The van der Waals surface area contributed by atoms with Gasteiger partial charge in [0.1, 0.15) is 11.4 Å². The molecule has 3 heterocycles. The quantitative estimate of drug-likeness (QED) is 0.434. The van der Waals surface area contributed by atoms with Crippen molar-refractivity contribution in [2.45, 2.75) is 39.0 Å². The molecule has 1 aliphatic rings. The van der Waals surface area contributed by atoms with Crippen molar-refractivity contribution in [2.75, 3.05) is 18.0 Å². The summed E-state index contributed by atoms with van der Waals surface area (Å²) in [5, 5.41) is 14.1. The van der Waals surface area contributed by atoms with Crippen LogP contribution in [0.3, 0.4) is 0 Å². The van der Waals surface area contributed by atoms with Gasteiger partial charge in [-0.2, -0.15) is 9.97 Å². The molecule has 0 radical (unpaired) electrons. The number of aryl methyl sites for hydroxylation is 1. The fourth-order valence-corrected chi connectivity index (χ4v) is 4.04.